The molecule has 4 heteroatoms. The number of likely N-dealkylation sites (tertiary alicyclic amines) is 1. The van der Waals surface area contributed by atoms with Gasteiger partial charge in [0.05, 0.1) is 12.0 Å². The van der Waals surface area contributed by atoms with Gasteiger partial charge >= 0.3 is 0 Å². The third-order valence-electron chi connectivity index (χ3n) is 4.04. The van der Waals surface area contributed by atoms with Gasteiger partial charge in [-0.1, -0.05) is 35.9 Å². The number of hydrogen-bond acceptors (Lipinski definition) is 2. The molecule has 2 amide bonds. The average Bonchev–Trinajstić information content (AvgIpc) is 2.48. The van der Waals surface area contributed by atoms with Gasteiger partial charge < -0.3 is 10.2 Å². The summed E-state index contributed by atoms with van der Waals surface area (Å²) < 4.78 is 0. The maximum absolute atomic E-state index is 12.4. The van der Waals surface area contributed by atoms with Gasteiger partial charge in [-0.3, -0.25) is 9.59 Å². The van der Waals surface area contributed by atoms with Gasteiger partial charge in [0.2, 0.25) is 11.8 Å². The molecule has 1 aliphatic rings. The summed E-state index contributed by atoms with van der Waals surface area (Å²) in [4.78, 5) is 26.1. The van der Waals surface area contributed by atoms with Gasteiger partial charge in [0.15, 0.2) is 0 Å². The van der Waals surface area contributed by atoms with Crippen LogP contribution in [0.25, 0.3) is 0 Å². The number of nitrogens with zero attached hydrogens (tertiary/aromatic N) is 1. The third kappa shape index (κ3) is 3.32. The van der Waals surface area contributed by atoms with E-state index in [9.17, 15) is 9.59 Å². The van der Waals surface area contributed by atoms with Crippen molar-refractivity contribution in [1.82, 2.24) is 10.2 Å². The lowest BCUT2D eigenvalue weighted by molar-refractivity contribution is -0.141. The number of carbonyl (C=O) groups excluding carboxylic acids is 2. The monoisotopic (exact) mass is 286 g/mol. The number of piperidine rings is 1. The highest BCUT2D eigenvalue weighted by atomic mass is 16.2. The minimum Gasteiger partial charge on any atom is -0.352 e. The number of aryl methyl sites for hydroxylation is 1. The van der Waals surface area contributed by atoms with Crippen LogP contribution in [0.5, 0.6) is 0 Å². The lowest BCUT2D eigenvalue weighted by Gasteiger charge is -2.38. The van der Waals surface area contributed by atoms with Crippen LogP contribution in [0, 0.1) is 12.8 Å². The first-order valence-electron chi connectivity index (χ1n) is 7.25. The fourth-order valence-corrected chi connectivity index (χ4v) is 2.84. The maximum Gasteiger partial charge on any atom is 0.225 e. The van der Waals surface area contributed by atoms with Crippen molar-refractivity contribution in [2.75, 3.05) is 13.6 Å². The summed E-state index contributed by atoms with van der Waals surface area (Å²) in [6, 6.07) is 7.84. The molecule has 4 nitrogen and oxygen atoms in total. The van der Waals surface area contributed by atoms with Crippen molar-refractivity contribution >= 4 is 11.8 Å². The highest BCUT2D eigenvalue weighted by Gasteiger charge is 2.38. The normalized spacial score (nSPS) is 22.0. The lowest BCUT2D eigenvalue weighted by Crippen LogP contribution is -2.46. The molecule has 0 bridgehead atoms. The minimum absolute atomic E-state index is 0.0141. The van der Waals surface area contributed by atoms with Crippen molar-refractivity contribution in [2.45, 2.75) is 25.8 Å². The molecule has 1 N–H and O–H groups in total. The van der Waals surface area contributed by atoms with Crippen molar-refractivity contribution in [2.24, 2.45) is 5.92 Å². The van der Waals surface area contributed by atoms with E-state index in [0.29, 0.717) is 19.4 Å². The molecule has 1 aromatic carbocycles. The SMILES string of the molecule is C=CCNC(=O)[C@H]1CCC(=O)N(C)[C@@H]1c1ccc(C)cc1. The Bertz CT molecular complexity index is 536. The number of amides is 2. The van der Waals surface area contributed by atoms with E-state index < -0.39 is 0 Å². The molecule has 1 fully saturated rings. The van der Waals surface area contributed by atoms with Crippen LogP contribution in [-0.2, 0) is 9.59 Å². The van der Waals surface area contributed by atoms with E-state index in [1.807, 2.05) is 31.2 Å². The first-order chi connectivity index (χ1) is 10.0. The summed E-state index contributed by atoms with van der Waals surface area (Å²) in [7, 11) is 1.78. The molecule has 0 spiro atoms. The number of rotatable bonds is 4. The second-order valence-electron chi connectivity index (χ2n) is 5.54. The van der Waals surface area contributed by atoms with Crippen molar-refractivity contribution in [3.05, 3.63) is 48.0 Å². The molecule has 112 valence electrons. The van der Waals surface area contributed by atoms with E-state index >= 15 is 0 Å². The van der Waals surface area contributed by atoms with E-state index in [0.717, 1.165) is 11.1 Å². The summed E-state index contributed by atoms with van der Waals surface area (Å²) in [5.74, 6) is -0.136. The van der Waals surface area contributed by atoms with Crippen LogP contribution in [0.1, 0.15) is 30.0 Å². The standard InChI is InChI=1S/C17H22N2O2/c1-4-11-18-17(21)14-9-10-15(20)19(3)16(14)13-7-5-12(2)6-8-13/h4-8,14,16H,1,9-11H2,2-3H3,(H,18,21)/t14-,16+/m0/s1. The molecule has 21 heavy (non-hydrogen) atoms. The van der Waals surface area contributed by atoms with Crippen molar-refractivity contribution in [1.29, 1.82) is 0 Å². The Morgan fingerprint density at radius 2 is 2.10 bits per heavy atom. The molecule has 1 saturated heterocycles. The number of carbonyl (C=O) groups is 2. The fourth-order valence-electron chi connectivity index (χ4n) is 2.84. The first kappa shape index (κ1) is 15.3. The molecule has 2 rings (SSSR count). The number of hydrogen-bond donors (Lipinski definition) is 1. The van der Waals surface area contributed by atoms with E-state index in [1.54, 1.807) is 18.0 Å². The van der Waals surface area contributed by atoms with Crippen LogP contribution in [0.2, 0.25) is 0 Å². The van der Waals surface area contributed by atoms with Crippen LogP contribution >= 0.6 is 0 Å². The molecular formula is C17H22N2O2. The van der Waals surface area contributed by atoms with Gasteiger partial charge in [-0.05, 0) is 18.9 Å². The van der Waals surface area contributed by atoms with Gasteiger partial charge in [0.1, 0.15) is 0 Å². The minimum atomic E-state index is -0.213. The van der Waals surface area contributed by atoms with E-state index in [-0.39, 0.29) is 23.8 Å². The molecular weight excluding hydrogens is 264 g/mol. The molecule has 1 heterocycles. The van der Waals surface area contributed by atoms with E-state index in [2.05, 4.69) is 11.9 Å². The Balaban J connectivity index is 2.28. The zero-order valence-corrected chi connectivity index (χ0v) is 12.6. The van der Waals surface area contributed by atoms with Crippen LogP contribution in [0.3, 0.4) is 0 Å². The van der Waals surface area contributed by atoms with Gasteiger partial charge in [0, 0.05) is 20.0 Å². The largest absolute Gasteiger partial charge is 0.352 e. The number of benzene rings is 1. The molecule has 0 aliphatic carbocycles. The summed E-state index contributed by atoms with van der Waals surface area (Å²) in [6.07, 6.45) is 2.67. The molecule has 0 radical (unpaired) electrons. The lowest BCUT2D eigenvalue weighted by atomic mass is 9.83. The van der Waals surface area contributed by atoms with Crippen LogP contribution in [0.15, 0.2) is 36.9 Å². The number of nitrogens with one attached hydrogen (secondary N) is 1. The smallest absolute Gasteiger partial charge is 0.225 e. The van der Waals surface area contributed by atoms with E-state index in [1.165, 1.54) is 0 Å². The van der Waals surface area contributed by atoms with Gasteiger partial charge in [-0.25, -0.2) is 0 Å². The summed E-state index contributed by atoms with van der Waals surface area (Å²) in [5.41, 5.74) is 2.17. The third-order valence-corrected chi connectivity index (χ3v) is 4.04. The topological polar surface area (TPSA) is 49.4 Å². The van der Waals surface area contributed by atoms with Crippen LogP contribution in [-0.4, -0.2) is 30.3 Å². The van der Waals surface area contributed by atoms with Crippen LogP contribution in [0.4, 0.5) is 0 Å². The Hall–Kier alpha value is -2.10. The molecule has 0 saturated carbocycles. The average molecular weight is 286 g/mol. The summed E-state index contributed by atoms with van der Waals surface area (Å²) >= 11 is 0. The van der Waals surface area contributed by atoms with E-state index in [4.69, 9.17) is 0 Å². The predicted molar refractivity (Wildman–Crippen MR) is 82.6 cm³/mol. The Kier molecular flexibility index (Phi) is 4.78. The van der Waals surface area contributed by atoms with Crippen molar-refractivity contribution in [3.8, 4) is 0 Å². The Morgan fingerprint density at radius 1 is 1.43 bits per heavy atom. The second-order valence-corrected chi connectivity index (χ2v) is 5.54. The first-order valence-corrected chi connectivity index (χ1v) is 7.25. The molecule has 1 aromatic rings. The van der Waals surface area contributed by atoms with Gasteiger partial charge in [-0.2, -0.15) is 0 Å². The second kappa shape index (κ2) is 6.57. The molecule has 0 unspecified atom stereocenters. The Morgan fingerprint density at radius 3 is 2.71 bits per heavy atom. The summed E-state index contributed by atoms with van der Waals surface area (Å²) in [5, 5.41) is 2.85. The highest BCUT2D eigenvalue weighted by molar-refractivity contribution is 5.85. The zero-order chi connectivity index (χ0) is 15.4. The molecule has 2 atom stereocenters. The zero-order valence-electron chi connectivity index (χ0n) is 12.6. The highest BCUT2D eigenvalue weighted by Crippen LogP contribution is 2.35. The quantitative estimate of drug-likeness (QED) is 0.863. The summed E-state index contributed by atoms with van der Waals surface area (Å²) in [6.45, 7) is 6.09. The van der Waals surface area contributed by atoms with Gasteiger partial charge in [-0.15, -0.1) is 6.58 Å². The van der Waals surface area contributed by atoms with Crippen molar-refractivity contribution in [3.63, 3.8) is 0 Å². The fraction of sp³-hybridized carbons (Fsp3) is 0.412. The van der Waals surface area contributed by atoms with Crippen LogP contribution < -0.4 is 5.32 Å². The predicted octanol–water partition coefficient (Wildman–Crippen LogP) is 2.21. The maximum atomic E-state index is 12.4. The molecule has 0 aromatic heterocycles. The molecule has 1 aliphatic heterocycles. The van der Waals surface area contributed by atoms with Crippen molar-refractivity contribution < 1.29 is 9.59 Å². The van der Waals surface area contributed by atoms with Gasteiger partial charge in [0.25, 0.3) is 0 Å². The Labute approximate surface area is 125 Å².